The average Bonchev–Trinajstić information content (AvgIpc) is 3.22. The van der Waals surface area contributed by atoms with Crippen molar-refractivity contribution < 1.29 is 9.59 Å². The Morgan fingerprint density at radius 2 is 1.84 bits per heavy atom. The van der Waals surface area contributed by atoms with E-state index in [9.17, 15) is 9.59 Å². The van der Waals surface area contributed by atoms with E-state index in [0.29, 0.717) is 11.3 Å². The third kappa shape index (κ3) is 5.40. The van der Waals surface area contributed by atoms with E-state index in [1.54, 1.807) is 30.5 Å². The second kappa shape index (κ2) is 10.0. The molecule has 1 heterocycles. The summed E-state index contributed by atoms with van der Waals surface area (Å²) in [4.78, 5) is 29.1. The standard InChI is InChI=1S/C25H28N4O2S/c1-17(20-8-7-18-5-3-4-6-21(18)15-20)27-24(31)19-9-11-22(12-10-19)28-23(30)16-32-25-26-13-14-29(25)2/h7-15,17H,3-6,16H2,1-2H3,(H,27,31)(H,28,30)/t17-/m1/s1. The lowest BCUT2D eigenvalue weighted by molar-refractivity contribution is -0.113. The van der Waals surface area contributed by atoms with Crippen LogP contribution in [-0.2, 0) is 24.7 Å². The Bertz CT molecular complexity index is 1110. The van der Waals surface area contributed by atoms with E-state index >= 15 is 0 Å². The summed E-state index contributed by atoms with van der Waals surface area (Å²) in [5.74, 6) is 0.0282. The van der Waals surface area contributed by atoms with Crippen molar-refractivity contribution in [2.24, 2.45) is 7.05 Å². The van der Waals surface area contributed by atoms with E-state index < -0.39 is 0 Å². The number of benzene rings is 2. The number of rotatable bonds is 7. The molecule has 1 aliphatic rings. The van der Waals surface area contributed by atoms with Gasteiger partial charge in [-0.05, 0) is 73.6 Å². The molecule has 7 heteroatoms. The predicted octanol–water partition coefficient (Wildman–Crippen LogP) is 4.52. The molecule has 0 aliphatic heterocycles. The van der Waals surface area contributed by atoms with Crippen LogP contribution in [0.5, 0.6) is 0 Å². The van der Waals surface area contributed by atoms with Gasteiger partial charge >= 0.3 is 0 Å². The lowest BCUT2D eigenvalue weighted by Crippen LogP contribution is -2.26. The molecule has 1 atom stereocenters. The molecule has 6 nitrogen and oxygen atoms in total. The van der Waals surface area contributed by atoms with Crippen LogP contribution in [0.25, 0.3) is 0 Å². The normalized spacial score (nSPS) is 13.8. The second-order valence-electron chi connectivity index (χ2n) is 8.17. The van der Waals surface area contributed by atoms with Crippen molar-refractivity contribution in [1.29, 1.82) is 0 Å². The highest BCUT2D eigenvalue weighted by atomic mass is 32.2. The monoisotopic (exact) mass is 448 g/mol. The number of imidazole rings is 1. The zero-order chi connectivity index (χ0) is 22.5. The zero-order valence-electron chi connectivity index (χ0n) is 18.4. The van der Waals surface area contributed by atoms with Gasteiger partial charge < -0.3 is 15.2 Å². The predicted molar refractivity (Wildman–Crippen MR) is 128 cm³/mol. The van der Waals surface area contributed by atoms with Gasteiger partial charge in [-0.25, -0.2) is 4.98 Å². The molecule has 32 heavy (non-hydrogen) atoms. The Morgan fingerprint density at radius 1 is 1.09 bits per heavy atom. The first-order chi connectivity index (χ1) is 15.5. The van der Waals surface area contributed by atoms with E-state index in [2.05, 4.69) is 33.8 Å². The summed E-state index contributed by atoms with van der Waals surface area (Å²) >= 11 is 1.38. The summed E-state index contributed by atoms with van der Waals surface area (Å²) in [5.41, 5.74) is 5.21. The number of aromatic nitrogens is 2. The van der Waals surface area contributed by atoms with E-state index in [1.165, 1.54) is 35.7 Å². The molecule has 0 spiro atoms. The van der Waals surface area contributed by atoms with Gasteiger partial charge in [0.2, 0.25) is 5.91 Å². The van der Waals surface area contributed by atoms with E-state index in [1.807, 2.05) is 24.7 Å². The molecule has 0 fully saturated rings. The van der Waals surface area contributed by atoms with Crippen LogP contribution in [0.15, 0.2) is 60.0 Å². The van der Waals surface area contributed by atoms with Crippen LogP contribution in [0, 0.1) is 0 Å². The van der Waals surface area contributed by atoms with Gasteiger partial charge in [0, 0.05) is 30.7 Å². The molecule has 1 aliphatic carbocycles. The van der Waals surface area contributed by atoms with Crippen molar-refractivity contribution in [3.8, 4) is 0 Å². The Hall–Kier alpha value is -3.06. The maximum absolute atomic E-state index is 12.7. The Labute approximate surface area is 192 Å². The minimum Gasteiger partial charge on any atom is -0.346 e. The maximum atomic E-state index is 12.7. The molecule has 3 aromatic rings. The molecule has 1 aromatic heterocycles. The average molecular weight is 449 g/mol. The van der Waals surface area contributed by atoms with Crippen molar-refractivity contribution >= 4 is 29.3 Å². The van der Waals surface area contributed by atoms with Crippen molar-refractivity contribution in [2.45, 2.75) is 43.8 Å². The Kier molecular flexibility index (Phi) is 6.95. The fourth-order valence-corrected chi connectivity index (χ4v) is 4.64. The van der Waals surface area contributed by atoms with Gasteiger partial charge in [0.15, 0.2) is 5.16 Å². The summed E-state index contributed by atoms with van der Waals surface area (Å²) in [6.45, 7) is 2.01. The Morgan fingerprint density at radius 3 is 2.56 bits per heavy atom. The number of nitrogens with one attached hydrogen (secondary N) is 2. The van der Waals surface area contributed by atoms with E-state index in [0.717, 1.165) is 23.6 Å². The molecule has 2 aromatic carbocycles. The summed E-state index contributed by atoms with van der Waals surface area (Å²) in [6.07, 6.45) is 8.32. The summed E-state index contributed by atoms with van der Waals surface area (Å²) in [5, 5.41) is 6.73. The molecular formula is C25H28N4O2S. The number of amides is 2. The van der Waals surface area contributed by atoms with Gasteiger partial charge in [0.25, 0.3) is 5.91 Å². The lowest BCUT2D eigenvalue weighted by atomic mass is 9.89. The molecule has 166 valence electrons. The smallest absolute Gasteiger partial charge is 0.251 e. The van der Waals surface area contributed by atoms with E-state index in [-0.39, 0.29) is 23.6 Å². The molecule has 0 bridgehead atoms. The van der Waals surface area contributed by atoms with Crippen molar-refractivity contribution in [3.05, 3.63) is 77.1 Å². The first kappa shape index (κ1) is 22.1. The molecular weight excluding hydrogens is 420 g/mol. The number of aryl methyl sites for hydroxylation is 3. The van der Waals surface area contributed by atoms with Crippen molar-refractivity contribution in [3.63, 3.8) is 0 Å². The third-order valence-electron chi connectivity index (χ3n) is 5.76. The van der Waals surface area contributed by atoms with Gasteiger partial charge in [-0.2, -0.15) is 0 Å². The van der Waals surface area contributed by atoms with Crippen LogP contribution in [0.2, 0.25) is 0 Å². The van der Waals surface area contributed by atoms with Gasteiger partial charge in [-0.15, -0.1) is 0 Å². The fraction of sp³-hybridized carbons (Fsp3) is 0.320. The lowest BCUT2D eigenvalue weighted by Gasteiger charge is -2.20. The molecule has 2 amide bonds. The zero-order valence-corrected chi connectivity index (χ0v) is 19.2. The molecule has 2 N–H and O–H groups in total. The van der Waals surface area contributed by atoms with Crippen molar-refractivity contribution in [2.75, 3.05) is 11.1 Å². The first-order valence-corrected chi connectivity index (χ1v) is 11.9. The second-order valence-corrected chi connectivity index (χ2v) is 9.11. The van der Waals surface area contributed by atoms with Crippen LogP contribution in [0.1, 0.15) is 52.9 Å². The molecule has 0 unspecified atom stereocenters. The van der Waals surface area contributed by atoms with Gasteiger partial charge in [0.05, 0.1) is 11.8 Å². The number of thioether (sulfide) groups is 1. The number of hydrogen-bond acceptors (Lipinski definition) is 4. The highest BCUT2D eigenvalue weighted by molar-refractivity contribution is 7.99. The van der Waals surface area contributed by atoms with Gasteiger partial charge in [-0.1, -0.05) is 30.0 Å². The number of nitrogens with zero attached hydrogens (tertiary/aromatic N) is 2. The van der Waals surface area contributed by atoms with Crippen LogP contribution < -0.4 is 10.6 Å². The van der Waals surface area contributed by atoms with Crippen LogP contribution in [0.4, 0.5) is 5.69 Å². The van der Waals surface area contributed by atoms with E-state index in [4.69, 9.17) is 0 Å². The van der Waals surface area contributed by atoms with Gasteiger partial charge in [0.1, 0.15) is 0 Å². The summed E-state index contributed by atoms with van der Waals surface area (Å²) in [6, 6.07) is 13.5. The number of carbonyl (C=O) groups excluding carboxylic acids is 2. The largest absolute Gasteiger partial charge is 0.346 e. The molecule has 0 saturated heterocycles. The molecule has 4 rings (SSSR count). The molecule has 0 radical (unpaired) electrons. The SMILES string of the molecule is C[C@@H](NC(=O)c1ccc(NC(=O)CSc2nccn2C)cc1)c1ccc2c(c1)CCCC2. The Balaban J connectivity index is 1.30. The third-order valence-corrected chi connectivity index (χ3v) is 6.82. The minimum atomic E-state index is -0.126. The first-order valence-electron chi connectivity index (χ1n) is 10.9. The topological polar surface area (TPSA) is 76.0 Å². The highest BCUT2D eigenvalue weighted by Crippen LogP contribution is 2.25. The highest BCUT2D eigenvalue weighted by Gasteiger charge is 2.15. The number of fused-ring (bicyclic) bond motifs is 1. The maximum Gasteiger partial charge on any atom is 0.251 e. The molecule has 0 saturated carbocycles. The summed E-state index contributed by atoms with van der Waals surface area (Å²) in [7, 11) is 1.89. The quantitative estimate of drug-likeness (QED) is 0.521. The minimum absolute atomic E-state index is 0.0720. The number of carbonyl (C=O) groups is 2. The summed E-state index contributed by atoms with van der Waals surface area (Å²) < 4.78 is 1.87. The fourth-order valence-electron chi connectivity index (χ4n) is 3.91. The van der Waals surface area contributed by atoms with Crippen LogP contribution in [0.3, 0.4) is 0 Å². The number of hydrogen-bond donors (Lipinski definition) is 2. The number of anilines is 1. The van der Waals surface area contributed by atoms with Crippen LogP contribution in [-0.4, -0.2) is 27.1 Å². The van der Waals surface area contributed by atoms with Gasteiger partial charge in [-0.3, -0.25) is 9.59 Å². The van der Waals surface area contributed by atoms with Crippen molar-refractivity contribution in [1.82, 2.24) is 14.9 Å². The van der Waals surface area contributed by atoms with Crippen LogP contribution >= 0.6 is 11.8 Å².